The van der Waals surface area contributed by atoms with Gasteiger partial charge in [-0.3, -0.25) is 4.79 Å². The average molecular weight is 404 g/mol. The molecule has 5 heteroatoms. The number of amides is 1. The topological polar surface area (TPSA) is 48.1 Å². The maximum absolute atomic E-state index is 12.5. The molecule has 0 aliphatic carbocycles. The quantitative estimate of drug-likeness (QED) is 0.760. The second kappa shape index (κ2) is 7.34. The van der Waals surface area contributed by atoms with Crippen molar-refractivity contribution in [3.8, 4) is 0 Å². The summed E-state index contributed by atoms with van der Waals surface area (Å²) in [5, 5.41) is 3.00. The molecule has 2 N–H and O–H groups in total. The first-order valence-electron chi connectivity index (χ1n) is 8.78. The number of rotatable bonds is 6. The SMILES string of the molecule is Cc1[nH]c(CC2C(=O)Nc3ccc(Br)cc32)c(C)c1CCCN(C)C. The van der Waals surface area contributed by atoms with E-state index >= 15 is 0 Å². The van der Waals surface area contributed by atoms with Gasteiger partial charge in [-0.15, -0.1) is 0 Å². The lowest BCUT2D eigenvalue weighted by Gasteiger charge is -2.10. The molecule has 134 valence electrons. The first-order chi connectivity index (χ1) is 11.9. The van der Waals surface area contributed by atoms with E-state index in [9.17, 15) is 4.79 Å². The molecule has 1 unspecified atom stereocenters. The average Bonchev–Trinajstić information content (AvgIpc) is 2.98. The predicted molar refractivity (Wildman–Crippen MR) is 106 cm³/mol. The zero-order chi connectivity index (χ0) is 18.1. The molecule has 4 nitrogen and oxygen atoms in total. The summed E-state index contributed by atoms with van der Waals surface area (Å²) < 4.78 is 1.01. The molecule has 0 bridgehead atoms. The Bertz CT molecular complexity index is 794. The van der Waals surface area contributed by atoms with Crippen LogP contribution < -0.4 is 5.32 Å². The molecule has 0 saturated heterocycles. The minimum Gasteiger partial charge on any atom is -0.362 e. The van der Waals surface area contributed by atoms with Crippen molar-refractivity contribution in [1.29, 1.82) is 0 Å². The number of H-pyrrole nitrogens is 1. The van der Waals surface area contributed by atoms with Gasteiger partial charge >= 0.3 is 0 Å². The van der Waals surface area contributed by atoms with Gasteiger partial charge in [-0.05, 0) is 82.2 Å². The fourth-order valence-corrected chi connectivity index (χ4v) is 4.09. The van der Waals surface area contributed by atoms with E-state index in [1.807, 2.05) is 12.1 Å². The fourth-order valence-electron chi connectivity index (χ4n) is 3.71. The number of fused-ring (bicyclic) bond motifs is 1. The van der Waals surface area contributed by atoms with Crippen LogP contribution >= 0.6 is 15.9 Å². The third kappa shape index (κ3) is 3.82. The molecule has 0 radical (unpaired) electrons. The molecule has 1 aliphatic heterocycles. The Morgan fingerprint density at radius 3 is 2.72 bits per heavy atom. The molecule has 1 amide bonds. The third-order valence-electron chi connectivity index (χ3n) is 5.10. The van der Waals surface area contributed by atoms with Crippen molar-refractivity contribution in [2.24, 2.45) is 0 Å². The summed E-state index contributed by atoms with van der Waals surface area (Å²) in [6.07, 6.45) is 2.94. The van der Waals surface area contributed by atoms with E-state index in [1.54, 1.807) is 0 Å². The second-order valence-corrected chi connectivity index (χ2v) is 8.13. The van der Waals surface area contributed by atoms with Crippen LogP contribution in [0, 0.1) is 13.8 Å². The minimum absolute atomic E-state index is 0.0916. The van der Waals surface area contributed by atoms with Gasteiger partial charge in [0.05, 0.1) is 5.92 Å². The zero-order valence-corrected chi connectivity index (χ0v) is 17.0. The number of anilines is 1. The lowest BCUT2D eigenvalue weighted by atomic mass is 9.93. The van der Waals surface area contributed by atoms with Gasteiger partial charge in [0.15, 0.2) is 0 Å². The van der Waals surface area contributed by atoms with E-state index in [1.165, 1.54) is 22.5 Å². The second-order valence-electron chi connectivity index (χ2n) is 7.22. The van der Waals surface area contributed by atoms with Crippen LogP contribution in [-0.2, 0) is 17.6 Å². The van der Waals surface area contributed by atoms with E-state index in [0.29, 0.717) is 0 Å². The van der Waals surface area contributed by atoms with E-state index in [-0.39, 0.29) is 11.8 Å². The van der Waals surface area contributed by atoms with Gasteiger partial charge in [-0.1, -0.05) is 15.9 Å². The Morgan fingerprint density at radius 2 is 2.00 bits per heavy atom. The lowest BCUT2D eigenvalue weighted by Crippen LogP contribution is -2.15. The number of nitrogens with one attached hydrogen (secondary N) is 2. The highest BCUT2D eigenvalue weighted by atomic mass is 79.9. The lowest BCUT2D eigenvalue weighted by molar-refractivity contribution is -0.117. The van der Waals surface area contributed by atoms with E-state index in [4.69, 9.17) is 0 Å². The van der Waals surface area contributed by atoms with Crippen molar-refractivity contribution in [2.45, 2.75) is 39.0 Å². The molecule has 1 atom stereocenters. The Kier molecular flexibility index (Phi) is 5.35. The summed E-state index contributed by atoms with van der Waals surface area (Å²) in [6, 6.07) is 5.99. The summed E-state index contributed by atoms with van der Waals surface area (Å²) in [4.78, 5) is 18.2. The molecule has 3 rings (SSSR count). The Labute approximate surface area is 158 Å². The molecular weight excluding hydrogens is 378 g/mol. The van der Waals surface area contributed by atoms with Crippen LogP contribution in [0.5, 0.6) is 0 Å². The highest BCUT2D eigenvalue weighted by molar-refractivity contribution is 9.10. The van der Waals surface area contributed by atoms with Crippen molar-refractivity contribution in [1.82, 2.24) is 9.88 Å². The highest BCUT2D eigenvalue weighted by Gasteiger charge is 2.31. The largest absolute Gasteiger partial charge is 0.362 e. The monoisotopic (exact) mass is 403 g/mol. The van der Waals surface area contributed by atoms with Crippen molar-refractivity contribution in [2.75, 3.05) is 26.0 Å². The van der Waals surface area contributed by atoms with Crippen molar-refractivity contribution in [3.05, 3.63) is 50.8 Å². The standard InChI is InChI=1S/C20H26BrN3O/c1-12-15(6-5-9-24(3)4)13(2)22-19(12)11-17-16-10-14(21)7-8-18(16)23-20(17)25/h7-8,10,17,22H,5-6,9,11H2,1-4H3,(H,23,25). The van der Waals surface area contributed by atoms with E-state index in [2.05, 4.69) is 65.1 Å². The van der Waals surface area contributed by atoms with Gasteiger partial charge in [-0.25, -0.2) is 0 Å². The van der Waals surface area contributed by atoms with Crippen molar-refractivity contribution in [3.63, 3.8) is 0 Å². The van der Waals surface area contributed by atoms with Crippen LogP contribution in [0.25, 0.3) is 0 Å². The number of aromatic amines is 1. The van der Waals surface area contributed by atoms with Gasteiger partial charge in [0.1, 0.15) is 0 Å². The summed E-state index contributed by atoms with van der Waals surface area (Å²) >= 11 is 3.52. The molecule has 0 spiro atoms. The van der Waals surface area contributed by atoms with E-state index < -0.39 is 0 Å². The number of carbonyl (C=O) groups excluding carboxylic acids is 1. The summed E-state index contributed by atoms with van der Waals surface area (Å²) in [5.74, 6) is -0.0345. The first-order valence-corrected chi connectivity index (χ1v) is 9.58. The van der Waals surface area contributed by atoms with Gasteiger partial charge in [0.2, 0.25) is 5.91 Å². The maximum Gasteiger partial charge on any atom is 0.232 e. The van der Waals surface area contributed by atoms with Gasteiger partial charge < -0.3 is 15.2 Å². The van der Waals surface area contributed by atoms with Crippen LogP contribution in [0.15, 0.2) is 22.7 Å². The predicted octanol–water partition coefficient (Wildman–Crippen LogP) is 4.17. The summed E-state index contributed by atoms with van der Waals surface area (Å²) in [5.41, 5.74) is 7.16. The molecule has 1 aromatic carbocycles. The molecule has 2 heterocycles. The number of aryl methyl sites for hydroxylation is 1. The molecule has 1 aliphatic rings. The highest BCUT2D eigenvalue weighted by Crippen LogP contribution is 2.37. The molecular formula is C20H26BrN3O. The molecule has 2 aromatic rings. The number of nitrogens with zero attached hydrogens (tertiary/aromatic N) is 1. The number of benzene rings is 1. The fraction of sp³-hybridized carbons (Fsp3) is 0.450. The van der Waals surface area contributed by atoms with E-state index in [0.717, 1.165) is 41.5 Å². The Balaban J connectivity index is 1.80. The number of hydrogen-bond donors (Lipinski definition) is 2. The van der Waals surface area contributed by atoms with Gasteiger partial charge in [0, 0.05) is 28.0 Å². The number of hydrogen-bond acceptors (Lipinski definition) is 2. The van der Waals surface area contributed by atoms with Crippen molar-refractivity contribution < 1.29 is 4.79 Å². The normalized spacial score (nSPS) is 16.4. The smallest absolute Gasteiger partial charge is 0.232 e. The minimum atomic E-state index is -0.126. The molecule has 1 aromatic heterocycles. The number of halogens is 1. The molecule has 25 heavy (non-hydrogen) atoms. The number of aromatic nitrogens is 1. The van der Waals surface area contributed by atoms with Crippen LogP contribution in [0.1, 0.15) is 40.4 Å². The Hall–Kier alpha value is -1.59. The van der Waals surface area contributed by atoms with Crippen LogP contribution in [-0.4, -0.2) is 36.4 Å². The first kappa shape index (κ1) is 18.2. The summed E-state index contributed by atoms with van der Waals surface area (Å²) in [6.45, 7) is 5.41. The van der Waals surface area contributed by atoms with Crippen molar-refractivity contribution >= 4 is 27.5 Å². The zero-order valence-electron chi connectivity index (χ0n) is 15.4. The van der Waals surface area contributed by atoms with Gasteiger partial charge in [-0.2, -0.15) is 0 Å². The molecule has 0 fully saturated rings. The van der Waals surface area contributed by atoms with Gasteiger partial charge in [0.25, 0.3) is 0 Å². The third-order valence-corrected chi connectivity index (χ3v) is 5.59. The number of carbonyl (C=O) groups is 1. The van der Waals surface area contributed by atoms with Crippen LogP contribution in [0.3, 0.4) is 0 Å². The van der Waals surface area contributed by atoms with Crippen LogP contribution in [0.2, 0.25) is 0 Å². The maximum atomic E-state index is 12.5. The molecule has 0 saturated carbocycles. The Morgan fingerprint density at radius 1 is 1.24 bits per heavy atom. The van der Waals surface area contributed by atoms with Crippen LogP contribution in [0.4, 0.5) is 5.69 Å². The summed E-state index contributed by atoms with van der Waals surface area (Å²) in [7, 11) is 4.22.